The molecule has 1 amide bonds. The second-order valence-corrected chi connectivity index (χ2v) is 5.65. The minimum absolute atomic E-state index is 0.0150. The minimum Gasteiger partial charge on any atom is -0.497 e. The van der Waals surface area contributed by atoms with Crippen molar-refractivity contribution in [2.24, 2.45) is 0 Å². The predicted molar refractivity (Wildman–Crippen MR) is 99.4 cm³/mol. The monoisotopic (exact) mass is 357 g/mol. The van der Waals surface area contributed by atoms with Gasteiger partial charge in [-0.25, -0.2) is 0 Å². The van der Waals surface area contributed by atoms with Crippen LogP contribution in [-0.2, 0) is 4.79 Å². The number of ketones is 1. The summed E-state index contributed by atoms with van der Waals surface area (Å²) < 4.78 is 16.0. The molecule has 2 rings (SSSR count). The first-order valence-corrected chi connectivity index (χ1v) is 8.29. The second kappa shape index (κ2) is 9.46. The molecule has 0 bridgehead atoms. The Morgan fingerprint density at radius 1 is 0.962 bits per heavy atom. The van der Waals surface area contributed by atoms with Gasteiger partial charge in [0.2, 0.25) is 5.91 Å². The lowest BCUT2D eigenvalue weighted by atomic mass is 10.1. The molecule has 0 saturated carbocycles. The molecule has 0 saturated heterocycles. The zero-order valence-corrected chi connectivity index (χ0v) is 15.2. The number of Topliss-reactive ketones (excluding diaryl/α,β-unsaturated/α-hetero) is 1. The van der Waals surface area contributed by atoms with Crippen LogP contribution in [0.15, 0.2) is 42.5 Å². The molecule has 0 heterocycles. The molecular formula is C20H23NO5. The maximum atomic E-state index is 12.1. The normalized spacial score (nSPS) is 10.1. The molecule has 0 aliphatic heterocycles. The summed E-state index contributed by atoms with van der Waals surface area (Å²) in [5.74, 6) is 1.76. The molecule has 0 atom stereocenters. The number of amides is 1. The third kappa shape index (κ3) is 5.51. The Balaban J connectivity index is 1.79. The van der Waals surface area contributed by atoms with Crippen LogP contribution in [0.1, 0.15) is 30.1 Å². The van der Waals surface area contributed by atoms with Crippen molar-refractivity contribution in [3.05, 3.63) is 48.0 Å². The number of carbonyl (C=O) groups is 2. The Labute approximate surface area is 153 Å². The number of anilines is 1. The molecule has 0 aliphatic carbocycles. The maximum Gasteiger partial charge on any atom is 0.224 e. The summed E-state index contributed by atoms with van der Waals surface area (Å²) in [7, 11) is 3.11. The Bertz CT molecular complexity index is 755. The molecule has 0 radical (unpaired) electrons. The van der Waals surface area contributed by atoms with Gasteiger partial charge in [0.15, 0.2) is 5.78 Å². The fourth-order valence-corrected chi connectivity index (χ4v) is 2.33. The van der Waals surface area contributed by atoms with Crippen LogP contribution in [0.3, 0.4) is 0 Å². The number of ether oxygens (including phenoxy) is 3. The molecule has 0 aliphatic rings. The van der Waals surface area contributed by atoms with E-state index in [1.54, 1.807) is 56.7 Å². The van der Waals surface area contributed by atoms with Crippen molar-refractivity contribution in [3.8, 4) is 17.2 Å². The standard InChI is InChI=1S/C20H23NO5/c1-14(22)15-6-8-16(9-7-15)26-12-4-5-20(23)21-18-13-17(24-2)10-11-19(18)25-3/h6-11,13H,4-5,12H2,1-3H3,(H,21,23). The molecule has 6 heteroatoms. The smallest absolute Gasteiger partial charge is 0.224 e. The van der Waals surface area contributed by atoms with Gasteiger partial charge >= 0.3 is 0 Å². The summed E-state index contributed by atoms with van der Waals surface area (Å²) in [5, 5.41) is 2.82. The van der Waals surface area contributed by atoms with Crippen LogP contribution in [0.2, 0.25) is 0 Å². The van der Waals surface area contributed by atoms with Crippen molar-refractivity contribution in [3.63, 3.8) is 0 Å². The second-order valence-electron chi connectivity index (χ2n) is 5.65. The van der Waals surface area contributed by atoms with Crippen molar-refractivity contribution in [1.82, 2.24) is 0 Å². The van der Waals surface area contributed by atoms with Crippen LogP contribution >= 0.6 is 0 Å². The summed E-state index contributed by atoms with van der Waals surface area (Å²) in [4.78, 5) is 23.3. The molecule has 138 valence electrons. The highest BCUT2D eigenvalue weighted by atomic mass is 16.5. The van der Waals surface area contributed by atoms with Crippen molar-refractivity contribution >= 4 is 17.4 Å². The van der Waals surface area contributed by atoms with Gasteiger partial charge in [0.25, 0.3) is 0 Å². The van der Waals surface area contributed by atoms with E-state index < -0.39 is 0 Å². The molecular weight excluding hydrogens is 334 g/mol. The maximum absolute atomic E-state index is 12.1. The van der Waals surface area contributed by atoms with E-state index in [1.165, 1.54) is 6.92 Å². The van der Waals surface area contributed by atoms with Gasteiger partial charge < -0.3 is 19.5 Å². The molecule has 6 nitrogen and oxygen atoms in total. The summed E-state index contributed by atoms with van der Waals surface area (Å²) in [6.45, 7) is 1.92. The summed E-state index contributed by atoms with van der Waals surface area (Å²) >= 11 is 0. The number of methoxy groups -OCH3 is 2. The number of rotatable bonds is 9. The van der Waals surface area contributed by atoms with Crippen molar-refractivity contribution in [2.75, 3.05) is 26.1 Å². The molecule has 2 aromatic rings. The van der Waals surface area contributed by atoms with Gasteiger partial charge in [0, 0.05) is 18.1 Å². The molecule has 1 N–H and O–H groups in total. The highest BCUT2D eigenvalue weighted by molar-refractivity contribution is 5.94. The van der Waals surface area contributed by atoms with Crippen LogP contribution in [0.4, 0.5) is 5.69 Å². The van der Waals surface area contributed by atoms with E-state index in [1.807, 2.05) is 0 Å². The fourth-order valence-electron chi connectivity index (χ4n) is 2.33. The van der Waals surface area contributed by atoms with Gasteiger partial charge in [-0.05, 0) is 49.7 Å². The Morgan fingerprint density at radius 3 is 2.27 bits per heavy atom. The van der Waals surface area contributed by atoms with Gasteiger partial charge in [0.1, 0.15) is 17.2 Å². The predicted octanol–water partition coefficient (Wildman–Crippen LogP) is 3.70. The van der Waals surface area contributed by atoms with Crippen LogP contribution in [0, 0.1) is 0 Å². The van der Waals surface area contributed by atoms with E-state index >= 15 is 0 Å². The number of hydrogen-bond donors (Lipinski definition) is 1. The summed E-state index contributed by atoms with van der Waals surface area (Å²) in [6, 6.07) is 12.2. The number of nitrogens with one attached hydrogen (secondary N) is 1. The highest BCUT2D eigenvalue weighted by Crippen LogP contribution is 2.29. The third-order valence-corrected chi connectivity index (χ3v) is 3.76. The van der Waals surface area contributed by atoms with Crippen molar-refractivity contribution < 1.29 is 23.8 Å². The van der Waals surface area contributed by atoms with Crippen LogP contribution in [0.25, 0.3) is 0 Å². The summed E-state index contributed by atoms with van der Waals surface area (Å²) in [5.41, 5.74) is 1.21. The van der Waals surface area contributed by atoms with Crippen LogP contribution in [0.5, 0.6) is 17.2 Å². The molecule has 0 aromatic heterocycles. The number of benzene rings is 2. The van der Waals surface area contributed by atoms with Crippen LogP contribution in [-0.4, -0.2) is 32.5 Å². The highest BCUT2D eigenvalue weighted by Gasteiger charge is 2.09. The van der Waals surface area contributed by atoms with Gasteiger partial charge in [-0.2, -0.15) is 0 Å². The van der Waals surface area contributed by atoms with E-state index in [4.69, 9.17) is 14.2 Å². The molecule has 2 aromatic carbocycles. The van der Waals surface area contributed by atoms with E-state index in [0.717, 1.165) is 0 Å². The third-order valence-electron chi connectivity index (χ3n) is 3.76. The van der Waals surface area contributed by atoms with Crippen LogP contribution < -0.4 is 19.5 Å². The zero-order chi connectivity index (χ0) is 18.9. The Hall–Kier alpha value is -3.02. The van der Waals surface area contributed by atoms with Crippen molar-refractivity contribution in [1.29, 1.82) is 0 Å². The fraction of sp³-hybridized carbons (Fsp3) is 0.300. The average molecular weight is 357 g/mol. The first-order valence-electron chi connectivity index (χ1n) is 8.29. The largest absolute Gasteiger partial charge is 0.497 e. The van der Waals surface area contributed by atoms with Gasteiger partial charge in [0.05, 0.1) is 26.5 Å². The average Bonchev–Trinajstić information content (AvgIpc) is 2.65. The van der Waals surface area contributed by atoms with Gasteiger partial charge in [-0.15, -0.1) is 0 Å². The van der Waals surface area contributed by atoms with Gasteiger partial charge in [-0.3, -0.25) is 9.59 Å². The quantitative estimate of drug-likeness (QED) is 0.547. The van der Waals surface area contributed by atoms with E-state index in [9.17, 15) is 9.59 Å². The summed E-state index contributed by atoms with van der Waals surface area (Å²) in [6.07, 6.45) is 0.873. The topological polar surface area (TPSA) is 73.9 Å². The number of carbonyl (C=O) groups excluding carboxylic acids is 2. The zero-order valence-electron chi connectivity index (χ0n) is 15.2. The minimum atomic E-state index is -0.132. The van der Waals surface area contributed by atoms with E-state index in [-0.39, 0.29) is 11.7 Å². The first kappa shape index (κ1) is 19.3. The Morgan fingerprint density at radius 2 is 1.65 bits per heavy atom. The Kier molecular flexibility index (Phi) is 7.02. The first-order chi connectivity index (χ1) is 12.5. The molecule has 0 fully saturated rings. The lowest BCUT2D eigenvalue weighted by Gasteiger charge is -2.12. The van der Waals surface area contributed by atoms with E-state index in [0.29, 0.717) is 47.9 Å². The number of hydrogen-bond acceptors (Lipinski definition) is 5. The molecule has 0 spiro atoms. The molecule has 0 unspecified atom stereocenters. The van der Waals surface area contributed by atoms with Crippen molar-refractivity contribution in [2.45, 2.75) is 19.8 Å². The molecule has 26 heavy (non-hydrogen) atoms. The van der Waals surface area contributed by atoms with Gasteiger partial charge in [-0.1, -0.05) is 0 Å². The lowest BCUT2D eigenvalue weighted by Crippen LogP contribution is -2.13. The lowest BCUT2D eigenvalue weighted by molar-refractivity contribution is -0.116. The van der Waals surface area contributed by atoms with E-state index in [2.05, 4.69) is 5.32 Å². The SMILES string of the molecule is COc1ccc(OC)c(NC(=O)CCCOc2ccc(C(C)=O)cc2)c1.